The second kappa shape index (κ2) is 7.37. The molecule has 1 aliphatic rings. The van der Waals surface area contributed by atoms with Crippen LogP contribution in [0.1, 0.15) is 5.56 Å². The van der Waals surface area contributed by atoms with Crippen molar-refractivity contribution in [1.29, 1.82) is 0 Å². The summed E-state index contributed by atoms with van der Waals surface area (Å²) in [5.74, 6) is 0.900. The van der Waals surface area contributed by atoms with Gasteiger partial charge in [0.15, 0.2) is 11.4 Å². The molecule has 2 aromatic heterocycles. The van der Waals surface area contributed by atoms with Crippen molar-refractivity contribution >= 4 is 45.4 Å². The highest BCUT2D eigenvalue weighted by atomic mass is 35.5. The van der Waals surface area contributed by atoms with Gasteiger partial charge >= 0.3 is 0 Å². The molecule has 0 bridgehead atoms. The molecule has 0 radical (unpaired) electrons. The molecular formula is C22H19ClN4O2. The number of para-hydroxylation sites is 1. The second-order valence-corrected chi connectivity index (χ2v) is 7.58. The number of benzene rings is 2. The third-order valence-electron chi connectivity index (χ3n) is 5.32. The van der Waals surface area contributed by atoms with Crippen LogP contribution in [-0.2, 0) is 11.2 Å². The number of fused-ring (bicyclic) bond motifs is 3. The molecule has 29 heavy (non-hydrogen) atoms. The van der Waals surface area contributed by atoms with Gasteiger partial charge in [0, 0.05) is 36.6 Å². The molecule has 0 saturated carbocycles. The van der Waals surface area contributed by atoms with Crippen molar-refractivity contribution in [2.45, 2.75) is 6.42 Å². The molecule has 6 nitrogen and oxygen atoms in total. The lowest BCUT2D eigenvalue weighted by Gasteiger charge is -2.35. The monoisotopic (exact) mass is 406 g/mol. The number of rotatable bonds is 3. The first-order valence-electron chi connectivity index (χ1n) is 9.58. The van der Waals surface area contributed by atoms with Crippen molar-refractivity contribution in [3.8, 4) is 0 Å². The highest BCUT2D eigenvalue weighted by Crippen LogP contribution is 2.32. The molecule has 1 aliphatic heterocycles. The molecule has 0 N–H and O–H groups in total. The van der Waals surface area contributed by atoms with E-state index in [0.29, 0.717) is 43.2 Å². The van der Waals surface area contributed by atoms with Crippen LogP contribution >= 0.6 is 11.6 Å². The molecule has 0 aliphatic carbocycles. The fourth-order valence-corrected chi connectivity index (χ4v) is 4.05. The predicted octanol–water partition coefficient (Wildman–Crippen LogP) is 3.92. The van der Waals surface area contributed by atoms with Gasteiger partial charge in [0.1, 0.15) is 17.4 Å². The Morgan fingerprint density at radius 3 is 2.69 bits per heavy atom. The molecule has 0 spiro atoms. The van der Waals surface area contributed by atoms with Crippen LogP contribution in [-0.4, -0.2) is 47.0 Å². The number of hydrogen-bond donors (Lipinski definition) is 0. The Hall–Kier alpha value is -3.12. The van der Waals surface area contributed by atoms with Gasteiger partial charge < -0.3 is 14.2 Å². The van der Waals surface area contributed by atoms with Crippen molar-refractivity contribution < 1.29 is 9.21 Å². The van der Waals surface area contributed by atoms with Gasteiger partial charge in [-0.2, -0.15) is 0 Å². The van der Waals surface area contributed by atoms with Crippen molar-refractivity contribution in [1.82, 2.24) is 14.9 Å². The number of aromatic nitrogens is 2. The number of nitrogens with zero attached hydrogens (tertiary/aromatic N) is 4. The second-order valence-electron chi connectivity index (χ2n) is 7.15. The number of furan rings is 1. The number of carbonyl (C=O) groups excluding carboxylic acids is 1. The molecule has 5 rings (SSSR count). The molecule has 0 atom stereocenters. The highest BCUT2D eigenvalue weighted by molar-refractivity contribution is 6.30. The summed E-state index contributed by atoms with van der Waals surface area (Å²) in [5.41, 5.74) is 3.27. The zero-order valence-electron chi connectivity index (χ0n) is 15.7. The van der Waals surface area contributed by atoms with Crippen LogP contribution in [0.4, 0.5) is 5.82 Å². The summed E-state index contributed by atoms with van der Waals surface area (Å²) in [5, 5.41) is 1.64. The largest absolute Gasteiger partial charge is 0.450 e. The minimum absolute atomic E-state index is 0.114. The maximum Gasteiger partial charge on any atom is 0.227 e. The van der Waals surface area contributed by atoms with E-state index in [1.807, 2.05) is 53.4 Å². The molecule has 2 aromatic carbocycles. The first-order chi connectivity index (χ1) is 14.2. The molecule has 1 amide bonds. The van der Waals surface area contributed by atoms with E-state index in [9.17, 15) is 4.79 Å². The summed E-state index contributed by atoms with van der Waals surface area (Å²) in [6.07, 6.45) is 1.94. The molecule has 0 unspecified atom stereocenters. The van der Waals surface area contributed by atoms with Gasteiger partial charge in [-0.15, -0.1) is 0 Å². The Morgan fingerprint density at radius 1 is 1.03 bits per heavy atom. The molecule has 146 valence electrons. The third kappa shape index (κ3) is 3.40. The Morgan fingerprint density at radius 2 is 1.86 bits per heavy atom. The van der Waals surface area contributed by atoms with Crippen LogP contribution in [0.5, 0.6) is 0 Å². The Labute approximate surface area is 172 Å². The Bertz CT molecular complexity index is 1200. The minimum Gasteiger partial charge on any atom is -0.450 e. The maximum absolute atomic E-state index is 12.7. The van der Waals surface area contributed by atoms with E-state index >= 15 is 0 Å². The number of amides is 1. The Balaban J connectivity index is 1.32. The molecular weight excluding hydrogens is 388 g/mol. The van der Waals surface area contributed by atoms with E-state index in [1.54, 1.807) is 6.33 Å². The van der Waals surface area contributed by atoms with Crippen LogP contribution in [0.2, 0.25) is 5.02 Å². The topological polar surface area (TPSA) is 62.5 Å². The van der Waals surface area contributed by atoms with Crippen molar-refractivity contribution in [3.05, 3.63) is 65.4 Å². The Kier molecular flexibility index (Phi) is 4.56. The van der Waals surface area contributed by atoms with E-state index < -0.39 is 0 Å². The first kappa shape index (κ1) is 17.9. The van der Waals surface area contributed by atoms with Crippen molar-refractivity contribution in [2.75, 3.05) is 31.1 Å². The van der Waals surface area contributed by atoms with Gasteiger partial charge in [-0.05, 0) is 29.8 Å². The summed E-state index contributed by atoms with van der Waals surface area (Å²) in [7, 11) is 0. The van der Waals surface area contributed by atoms with Gasteiger partial charge in [-0.25, -0.2) is 9.97 Å². The number of piperazine rings is 1. The van der Waals surface area contributed by atoms with Crippen LogP contribution < -0.4 is 4.90 Å². The minimum atomic E-state index is 0.114. The van der Waals surface area contributed by atoms with Gasteiger partial charge in [0.25, 0.3) is 0 Å². The quantitative estimate of drug-likeness (QED) is 0.516. The maximum atomic E-state index is 12.7. The molecule has 7 heteroatoms. The van der Waals surface area contributed by atoms with E-state index in [0.717, 1.165) is 27.9 Å². The molecule has 4 aromatic rings. The summed E-state index contributed by atoms with van der Waals surface area (Å²) in [6, 6.07) is 15.3. The van der Waals surface area contributed by atoms with Gasteiger partial charge in [-0.1, -0.05) is 35.9 Å². The van der Waals surface area contributed by atoms with Crippen LogP contribution in [0.3, 0.4) is 0 Å². The summed E-state index contributed by atoms with van der Waals surface area (Å²) < 4.78 is 6.04. The molecule has 1 fully saturated rings. The summed E-state index contributed by atoms with van der Waals surface area (Å²) in [4.78, 5) is 25.6. The van der Waals surface area contributed by atoms with Gasteiger partial charge in [-0.3, -0.25) is 4.79 Å². The number of carbonyl (C=O) groups is 1. The van der Waals surface area contributed by atoms with E-state index in [4.69, 9.17) is 16.0 Å². The normalized spacial score (nSPS) is 14.7. The predicted molar refractivity (Wildman–Crippen MR) is 113 cm³/mol. The lowest BCUT2D eigenvalue weighted by atomic mass is 10.1. The fourth-order valence-electron chi connectivity index (χ4n) is 3.84. The lowest BCUT2D eigenvalue weighted by molar-refractivity contribution is -0.130. The standard InChI is InChI=1S/C22H19ClN4O2/c23-16-5-3-4-15(12-16)13-19(28)26-8-10-27(11-9-26)22-21-20(24-14-25-22)17-6-1-2-7-18(17)29-21/h1-7,12,14H,8-11,13H2. The van der Waals surface area contributed by atoms with Crippen LogP contribution in [0.15, 0.2) is 59.3 Å². The highest BCUT2D eigenvalue weighted by Gasteiger charge is 2.25. The lowest BCUT2D eigenvalue weighted by Crippen LogP contribution is -2.49. The van der Waals surface area contributed by atoms with Crippen molar-refractivity contribution in [2.24, 2.45) is 0 Å². The van der Waals surface area contributed by atoms with Crippen molar-refractivity contribution in [3.63, 3.8) is 0 Å². The van der Waals surface area contributed by atoms with E-state index in [1.165, 1.54) is 0 Å². The van der Waals surface area contributed by atoms with E-state index in [2.05, 4.69) is 14.9 Å². The van der Waals surface area contributed by atoms with Gasteiger partial charge in [0.2, 0.25) is 5.91 Å². The number of anilines is 1. The average molecular weight is 407 g/mol. The van der Waals surface area contributed by atoms with E-state index in [-0.39, 0.29) is 5.91 Å². The first-order valence-corrected chi connectivity index (χ1v) is 9.96. The smallest absolute Gasteiger partial charge is 0.227 e. The summed E-state index contributed by atoms with van der Waals surface area (Å²) in [6.45, 7) is 2.69. The zero-order valence-corrected chi connectivity index (χ0v) is 16.5. The average Bonchev–Trinajstić information content (AvgIpc) is 3.13. The zero-order chi connectivity index (χ0) is 19.8. The van der Waals surface area contributed by atoms with Crippen LogP contribution in [0, 0.1) is 0 Å². The van der Waals surface area contributed by atoms with Gasteiger partial charge in [0.05, 0.1) is 6.42 Å². The van der Waals surface area contributed by atoms with Crippen LogP contribution in [0.25, 0.3) is 22.1 Å². The fraction of sp³-hybridized carbons (Fsp3) is 0.227. The summed E-state index contributed by atoms with van der Waals surface area (Å²) >= 11 is 6.03. The number of halogens is 1. The molecule has 3 heterocycles. The third-order valence-corrected chi connectivity index (χ3v) is 5.55. The number of hydrogen-bond acceptors (Lipinski definition) is 5. The molecule has 1 saturated heterocycles. The SMILES string of the molecule is O=C(Cc1cccc(Cl)c1)N1CCN(c2ncnc3c2oc2ccccc23)CC1.